The zero-order chi connectivity index (χ0) is 10.2. The SMILES string of the molecule is Cc1nnsc1CNC1CCC1(C)C. The van der Waals surface area contributed by atoms with Crippen LogP contribution in [0.1, 0.15) is 37.3 Å². The Morgan fingerprint density at radius 1 is 1.57 bits per heavy atom. The average Bonchev–Trinajstić information content (AvgIpc) is 2.50. The minimum absolute atomic E-state index is 0.478. The van der Waals surface area contributed by atoms with Gasteiger partial charge in [-0.15, -0.1) is 5.10 Å². The molecule has 1 aliphatic rings. The number of hydrogen-bond donors (Lipinski definition) is 1. The highest BCUT2D eigenvalue weighted by Crippen LogP contribution is 2.40. The number of nitrogens with one attached hydrogen (secondary N) is 1. The Bertz CT molecular complexity index is 319. The summed E-state index contributed by atoms with van der Waals surface area (Å²) < 4.78 is 3.93. The van der Waals surface area contributed by atoms with Gasteiger partial charge in [-0.1, -0.05) is 18.3 Å². The van der Waals surface area contributed by atoms with Crippen molar-refractivity contribution in [3.63, 3.8) is 0 Å². The lowest BCUT2D eigenvalue weighted by molar-refractivity contribution is 0.108. The zero-order valence-corrected chi connectivity index (χ0v) is 9.82. The van der Waals surface area contributed by atoms with Crippen molar-refractivity contribution < 1.29 is 0 Å². The second-order valence-corrected chi connectivity index (χ2v) is 5.58. The standard InChI is InChI=1S/C10H17N3S/c1-7-8(14-13-12-7)6-11-9-4-5-10(9,2)3/h9,11H,4-6H2,1-3H3. The van der Waals surface area contributed by atoms with Crippen molar-refractivity contribution >= 4 is 11.5 Å². The van der Waals surface area contributed by atoms with Crippen LogP contribution in [0.15, 0.2) is 0 Å². The molecule has 0 bridgehead atoms. The maximum atomic E-state index is 4.00. The zero-order valence-electron chi connectivity index (χ0n) is 9.00. The maximum absolute atomic E-state index is 4.00. The number of nitrogens with zero attached hydrogens (tertiary/aromatic N) is 2. The summed E-state index contributed by atoms with van der Waals surface area (Å²) in [5.74, 6) is 0. The Morgan fingerprint density at radius 2 is 2.36 bits per heavy atom. The van der Waals surface area contributed by atoms with Gasteiger partial charge in [0.15, 0.2) is 0 Å². The Kier molecular flexibility index (Phi) is 2.58. The van der Waals surface area contributed by atoms with Gasteiger partial charge in [0.05, 0.1) is 10.6 Å². The van der Waals surface area contributed by atoms with Crippen LogP contribution in [0.5, 0.6) is 0 Å². The van der Waals surface area contributed by atoms with Gasteiger partial charge in [0.25, 0.3) is 0 Å². The molecule has 1 fully saturated rings. The molecule has 1 aliphatic carbocycles. The molecule has 0 radical (unpaired) electrons. The largest absolute Gasteiger partial charge is 0.308 e. The van der Waals surface area contributed by atoms with Gasteiger partial charge in [0, 0.05) is 12.6 Å². The molecule has 2 rings (SSSR count). The summed E-state index contributed by atoms with van der Waals surface area (Å²) in [4.78, 5) is 1.27. The molecular formula is C10H17N3S. The summed E-state index contributed by atoms with van der Waals surface area (Å²) in [5, 5.41) is 7.59. The number of aromatic nitrogens is 2. The van der Waals surface area contributed by atoms with Crippen molar-refractivity contribution in [1.82, 2.24) is 14.9 Å². The molecule has 1 aromatic rings. The van der Waals surface area contributed by atoms with E-state index in [4.69, 9.17) is 0 Å². The van der Waals surface area contributed by atoms with Crippen molar-refractivity contribution in [2.75, 3.05) is 0 Å². The molecule has 0 amide bonds. The van der Waals surface area contributed by atoms with Gasteiger partial charge in [-0.05, 0) is 36.7 Å². The van der Waals surface area contributed by atoms with Crippen LogP contribution in [0.2, 0.25) is 0 Å². The van der Waals surface area contributed by atoms with Gasteiger partial charge in [-0.3, -0.25) is 0 Å². The molecule has 4 heteroatoms. The molecule has 1 unspecified atom stereocenters. The first-order valence-electron chi connectivity index (χ1n) is 5.11. The van der Waals surface area contributed by atoms with Gasteiger partial charge >= 0.3 is 0 Å². The summed E-state index contributed by atoms with van der Waals surface area (Å²) in [6.45, 7) is 7.60. The topological polar surface area (TPSA) is 37.8 Å². The molecule has 0 aromatic carbocycles. The predicted octanol–water partition coefficient (Wildman–Crippen LogP) is 2.12. The molecule has 0 aliphatic heterocycles. The Balaban J connectivity index is 1.87. The van der Waals surface area contributed by atoms with E-state index in [9.17, 15) is 0 Å². The third-order valence-electron chi connectivity index (χ3n) is 3.28. The first-order chi connectivity index (χ1) is 6.59. The van der Waals surface area contributed by atoms with Crippen LogP contribution < -0.4 is 5.32 Å². The molecule has 1 heterocycles. The summed E-state index contributed by atoms with van der Waals surface area (Å²) in [6, 6.07) is 0.670. The van der Waals surface area contributed by atoms with E-state index < -0.39 is 0 Å². The van der Waals surface area contributed by atoms with E-state index in [1.807, 2.05) is 6.92 Å². The van der Waals surface area contributed by atoms with Crippen molar-refractivity contribution in [2.45, 2.75) is 46.2 Å². The third kappa shape index (κ3) is 1.81. The van der Waals surface area contributed by atoms with Gasteiger partial charge in [-0.2, -0.15) is 0 Å². The summed E-state index contributed by atoms with van der Waals surface area (Å²) in [6.07, 6.45) is 2.64. The molecule has 0 saturated heterocycles. The van der Waals surface area contributed by atoms with E-state index in [2.05, 4.69) is 28.8 Å². The number of aryl methyl sites for hydroxylation is 1. The van der Waals surface area contributed by atoms with E-state index in [1.165, 1.54) is 29.3 Å². The monoisotopic (exact) mass is 211 g/mol. The van der Waals surface area contributed by atoms with Crippen molar-refractivity contribution in [2.24, 2.45) is 5.41 Å². The second-order valence-electron chi connectivity index (χ2n) is 4.74. The summed E-state index contributed by atoms with van der Waals surface area (Å²) in [7, 11) is 0. The number of rotatable bonds is 3. The first-order valence-corrected chi connectivity index (χ1v) is 5.88. The van der Waals surface area contributed by atoms with Gasteiger partial charge in [0.1, 0.15) is 0 Å². The van der Waals surface area contributed by atoms with E-state index >= 15 is 0 Å². The highest BCUT2D eigenvalue weighted by Gasteiger charge is 2.37. The molecule has 78 valence electrons. The molecular weight excluding hydrogens is 194 g/mol. The minimum atomic E-state index is 0.478. The van der Waals surface area contributed by atoms with Gasteiger partial charge < -0.3 is 5.32 Å². The lowest BCUT2D eigenvalue weighted by Crippen LogP contribution is -2.49. The van der Waals surface area contributed by atoms with Gasteiger partial charge in [-0.25, -0.2) is 0 Å². The smallest absolute Gasteiger partial charge is 0.0769 e. The number of hydrogen-bond acceptors (Lipinski definition) is 4. The van der Waals surface area contributed by atoms with Crippen LogP contribution in [0, 0.1) is 12.3 Å². The van der Waals surface area contributed by atoms with Crippen molar-refractivity contribution in [3.8, 4) is 0 Å². The van der Waals surface area contributed by atoms with E-state index in [-0.39, 0.29) is 0 Å². The summed E-state index contributed by atoms with van der Waals surface area (Å²) >= 11 is 1.50. The van der Waals surface area contributed by atoms with Crippen molar-refractivity contribution in [1.29, 1.82) is 0 Å². The quantitative estimate of drug-likeness (QED) is 0.832. The summed E-state index contributed by atoms with van der Waals surface area (Å²) in [5.41, 5.74) is 1.55. The van der Waals surface area contributed by atoms with E-state index in [0.717, 1.165) is 12.2 Å². The third-order valence-corrected chi connectivity index (χ3v) is 4.10. The predicted molar refractivity (Wildman–Crippen MR) is 58.3 cm³/mol. The normalized spacial score (nSPS) is 24.6. The van der Waals surface area contributed by atoms with Crippen LogP contribution in [0.4, 0.5) is 0 Å². The van der Waals surface area contributed by atoms with E-state index in [1.54, 1.807) is 0 Å². The lowest BCUT2D eigenvalue weighted by Gasteiger charge is -2.45. The Labute approximate surface area is 89.1 Å². The van der Waals surface area contributed by atoms with Crippen molar-refractivity contribution in [3.05, 3.63) is 10.6 Å². The highest BCUT2D eigenvalue weighted by molar-refractivity contribution is 7.05. The van der Waals surface area contributed by atoms with Crippen LogP contribution in [-0.2, 0) is 6.54 Å². The lowest BCUT2D eigenvalue weighted by atomic mass is 9.67. The van der Waals surface area contributed by atoms with E-state index in [0.29, 0.717) is 11.5 Å². The highest BCUT2D eigenvalue weighted by atomic mass is 32.1. The van der Waals surface area contributed by atoms with Crippen LogP contribution >= 0.6 is 11.5 Å². The molecule has 1 atom stereocenters. The van der Waals surface area contributed by atoms with Gasteiger partial charge in [0.2, 0.25) is 0 Å². The fraction of sp³-hybridized carbons (Fsp3) is 0.800. The Hall–Kier alpha value is -0.480. The first kappa shape index (κ1) is 10.1. The molecule has 1 aromatic heterocycles. The molecule has 1 saturated carbocycles. The Morgan fingerprint density at radius 3 is 2.79 bits per heavy atom. The van der Waals surface area contributed by atoms with Crippen LogP contribution in [0.25, 0.3) is 0 Å². The fourth-order valence-electron chi connectivity index (χ4n) is 1.87. The molecule has 3 nitrogen and oxygen atoms in total. The average molecular weight is 211 g/mol. The second kappa shape index (κ2) is 3.59. The van der Waals surface area contributed by atoms with Crippen LogP contribution in [-0.4, -0.2) is 15.6 Å². The molecule has 14 heavy (non-hydrogen) atoms. The fourth-order valence-corrected chi connectivity index (χ4v) is 2.46. The molecule has 0 spiro atoms. The van der Waals surface area contributed by atoms with Crippen LogP contribution in [0.3, 0.4) is 0 Å². The molecule has 1 N–H and O–H groups in total. The minimum Gasteiger partial charge on any atom is -0.308 e. The maximum Gasteiger partial charge on any atom is 0.0769 e.